The van der Waals surface area contributed by atoms with E-state index >= 15 is 0 Å². The quantitative estimate of drug-likeness (QED) is 0.447. The number of aryl methyl sites for hydroxylation is 2. The Hall–Kier alpha value is -3.70. The second-order valence-corrected chi connectivity index (χ2v) is 7.82. The van der Waals surface area contributed by atoms with Gasteiger partial charge in [-0.15, -0.1) is 0 Å². The number of pyridine rings is 1. The number of nitrogens with two attached hydrogens (primary N) is 1. The Balaban J connectivity index is 1.84. The molecule has 6 heteroatoms. The van der Waals surface area contributed by atoms with Crippen molar-refractivity contribution in [2.24, 2.45) is 5.73 Å². The molecular formula is C25H20ClN3O2. The van der Waals surface area contributed by atoms with Crippen LogP contribution in [0.3, 0.4) is 0 Å². The number of carbonyl (C=O) groups is 2. The summed E-state index contributed by atoms with van der Waals surface area (Å²) in [6.07, 6.45) is 0. The predicted octanol–water partition coefficient (Wildman–Crippen LogP) is 5.52. The molecule has 4 aromatic rings. The number of anilines is 1. The molecule has 0 unspecified atom stereocenters. The predicted molar refractivity (Wildman–Crippen MR) is 125 cm³/mol. The molecule has 3 N–H and O–H groups in total. The number of aromatic nitrogens is 1. The third-order valence-electron chi connectivity index (χ3n) is 5.07. The van der Waals surface area contributed by atoms with Crippen LogP contribution in [0, 0.1) is 13.8 Å². The topological polar surface area (TPSA) is 85.1 Å². The Morgan fingerprint density at radius 1 is 0.968 bits per heavy atom. The summed E-state index contributed by atoms with van der Waals surface area (Å²) in [5, 5.41) is 4.22. The smallest absolute Gasteiger partial charge is 0.256 e. The van der Waals surface area contributed by atoms with Gasteiger partial charge in [-0.3, -0.25) is 9.59 Å². The number of hydrogen-bond acceptors (Lipinski definition) is 3. The lowest BCUT2D eigenvalue weighted by molar-refractivity contribution is 0.0998. The standard InChI is InChI=1S/C25H20ClN3O2/c1-14-11-15(2)23-19(12-14)20(13-22(29-23)18-5-3-4-6-21(18)26)25(31)28-17-9-7-16(8-10-17)24(27)30/h3-13H,1-2H3,(H2,27,30)(H,28,31). The van der Waals surface area contributed by atoms with Gasteiger partial charge in [0.15, 0.2) is 0 Å². The third-order valence-corrected chi connectivity index (χ3v) is 5.40. The van der Waals surface area contributed by atoms with Gasteiger partial charge < -0.3 is 11.1 Å². The van der Waals surface area contributed by atoms with Gasteiger partial charge in [-0.25, -0.2) is 4.98 Å². The molecular weight excluding hydrogens is 410 g/mol. The van der Waals surface area contributed by atoms with E-state index in [9.17, 15) is 9.59 Å². The first-order chi connectivity index (χ1) is 14.8. The summed E-state index contributed by atoms with van der Waals surface area (Å²) >= 11 is 6.40. The van der Waals surface area contributed by atoms with Gasteiger partial charge in [0.05, 0.1) is 16.8 Å². The number of rotatable bonds is 4. The van der Waals surface area contributed by atoms with Gasteiger partial charge in [-0.05, 0) is 61.9 Å². The Morgan fingerprint density at radius 2 is 1.68 bits per heavy atom. The van der Waals surface area contributed by atoms with Crippen LogP contribution >= 0.6 is 11.6 Å². The molecule has 0 radical (unpaired) electrons. The molecule has 5 nitrogen and oxygen atoms in total. The Kier molecular flexibility index (Phi) is 5.44. The highest BCUT2D eigenvalue weighted by atomic mass is 35.5. The maximum absolute atomic E-state index is 13.3. The molecule has 1 heterocycles. The average Bonchev–Trinajstić information content (AvgIpc) is 2.74. The monoisotopic (exact) mass is 429 g/mol. The SMILES string of the molecule is Cc1cc(C)c2nc(-c3ccccc3Cl)cc(C(=O)Nc3ccc(C(N)=O)cc3)c2c1. The molecule has 0 atom stereocenters. The van der Waals surface area contributed by atoms with Crippen LogP contribution < -0.4 is 11.1 Å². The normalized spacial score (nSPS) is 10.8. The minimum absolute atomic E-state index is 0.280. The van der Waals surface area contributed by atoms with E-state index in [1.54, 1.807) is 36.4 Å². The maximum Gasteiger partial charge on any atom is 0.256 e. The molecule has 0 saturated heterocycles. The highest BCUT2D eigenvalue weighted by molar-refractivity contribution is 6.33. The number of hydrogen-bond donors (Lipinski definition) is 2. The van der Waals surface area contributed by atoms with Gasteiger partial charge in [-0.2, -0.15) is 0 Å². The molecule has 31 heavy (non-hydrogen) atoms. The Labute approximate surface area is 184 Å². The van der Waals surface area contributed by atoms with Gasteiger partial charge in [0.2, 0.25) is 5.91 Å². The summed E-state index contributed by atoms with van der Waals surface area (Å²) < 4.78 is 0. The Morgan fingerprint density at radius 3 is 2.35 bits per heavy atom. The van der Waals surface area contributed by atoms with Gasteiger partial charge in [0.25, 0.3) is 5.91 Å². The van der Waals surface area contributed by atoms with Gasteiger partial charge >= 0.3 is 0 Å². The number of nitrogens with one attached hydrogen (secondary N) is 1. The van der Waals surface area contributed by atoms with Crippen LogP contribution in [0.5, 0.6) is 0 Å². The number of fused-ring (bicyclic) bond motifs is 1. The van der Waals surface area contributed by atoms with Crippen LogP contribution in [0.15, 0.2) is 66.7 Å². The van der Waals surface area contributed by atoms with Gasteiger partial charge in [0, 0.05) is 27.2 Å². The molecule has 2 amide bonds. The molecule has 0 spiro atoms. The fourth-order valence-electron chi connectivity index (χ4n) is 3.59. The van der Waals surface area contributed by atoms with Crippen LogP contribution in [0.2, 0.25) is 5.02 Å². The largest absolute Gasteiger partial charge is 0.366 e. The van der Waals surface area contributed by atoms with Crippen molar-refractivity contribution in [1.82, 2.24) is 4.98 Å². The minimum atomic E-state index is -0.520. The van der Waals surface area contributed by atoms with E-state index < -0.39 is 5.91 Å². The molecule has 3 aromatic carbocycles. The van der Waals surface area contributed by atoms with Crippen LogP contribution in [0.25, 0.3) is 22.2 Å². The number of carbonyl (C=O) groups excluding carboxylic acids is 2. The molecule has 0 aliphatic carbocycles. The first-order valence-electron chi connectivity index (χ1n) is 9.71. The number of benzene rings is 3. The lowest BCUT2D eigenvalue weighted by Crippen LogP contribution is -2.14. The highest BCUT2D eigenvalue weighted by Crippen LogP contribution is 2.31. The van der Waals surface area contributed by atoms with E-state index in [0.717, 1.165) is 27.6 Å². The Bertz CT molecular complexity index is 1330. The number of primary amides is 1. The van der Waals surface area contributed by atoms with E-state index in [4.69, 9.17) is 22.3 Å². The molecule has 0 bridgehead atoms. The van der Waals surface area contributed by atoms with Crippen molar-refractivity contribution in [3.8, 4) is 11.3 Å². The second kappa shape index (κ2) is 8.20. The van der Waals surface area contributed by atoms with Crippen molar-refractivity contribution in [2.45, 2.75) is 13.8 Å². The first kappa shape index (κ1) is 20.6. The van der Waals surface area contributed by atoms with E-state index in [-0.39, 0.29) is 5.91 Å². The van der Waals surface area contributed by atoms with Crippen LogP contribution in [0.4, 0.5) is 5.69 Å². The van der Waals surface area contributed by atoms with E-state index in [2.05, 4.69) is 5.32 Å². The number of amides is 2. The zero-order valence-electron chi connectivity index (χ0n) is 17.1. The third kappa shape index (κ3) is 4.13. The summed E-state index contributed by atoms with van der Waals surface area (Å²) in [6, 6.07) is 19.6. The lowest BCUT2D eigenvalue weighted by Gasteiger charge is -2.14. The van der Waals surface area contributed by atoms with E-state index in [1.165, 1.54) is 0 Å². The van der Waals surface area contributed by atoms with E-state index in [1.807, 2.05) is 44.2 Å². The highest BCUT2D eigenvalue weighted by Gasteiger charge is 2.17. The first-order valence-corrected chi connectivity index (χ1v) is 10.1. The molecule has 4 rings (SSSR count). The zero-order valence-corrected chi connectivity index (χ0v) is 17.8. The number of nitrogens with zero attached hydrogens (tertiary/aromatic N) is 1. The van der Waals surface area contributed by atoms with E-state index in [0.29, 0.717) is 27.5 Å². The molecule has 0 aliphatic heterocycles. The zero-order chi connectivity index (χ0) is 22.1. The van der Waals surface area contributed by atoms with Crippen molar-refractivity contribution in [3.05, 3.63) is 94.0 Å². The van der Waals surface area contributed by atoms with Crippen LogP contribution in [-0.2, 0) is 0 Å². The maximum atomic E-state index is 13.3. The molecule has 0 aliphatic rings. The van der Waals surface area contributed by atoms with Gasteiger partial charge in [-0.1, -0.05) is 41.4 Å². The minimum Gasteiger partial charge on any atom is -0.366 e. The van der Waals surface area contributed by atoms with Crippen molar-refractivity contribution >= 4 is 40.0 Å². The fourth-order valence-corrected chi connectivity index (χ4v) is 3.82. The van der Waals surface area contributed by atoms with Gasteiger partial charge in [0.1, 0.15) is 0 Å². The summed E-state index contributed by atoms with van der Waals surface area (Å²) in [6.45, 7) is 3.96. The van der Waals surface area contributed by atoms with Crippen molar-refractivity contribution in [3.63, 3.8) is 0 Å². The van der Waals surface area contributed by atoms with Crippen molar-refractivity contribution < 1.29 is 9.59 Å². The summed E-state index contributed by atoms with van der Waals surface area (Å²) in [5.74, 6) is -0.800. The number of halogens is 1. The molecule has 0 fully saturated rings. The molecule has 0 saturated carbocycles. The van der Waals surface area contributed by atoms with Crippen molar-refractivity contribution in [2.75, 3.05) is 5.32 Å². The fraction of sp³-hybridized carbons (Fsp3) is 0.0800. The summed E-state index contributed by atoms with van der Waals surface area (Å²) in [5.41, 5.74) is 10.9. The van der Waals surface area contributed by atoms with Crippen LogP contribution in [-0.4, -0.2) is 16.8 Å². The van der Waals surface area contributed by atoms with Crippen molar-refractivity contribution in [1.29, 1.82) is 0 Å². The average molecular weight is 430 g/mol. The van der Waals surface area contributed by atoms with Crippen LogP contribution in [0.1, 0.15) is 31.8 Å². The molecule has 154 valence electrons. The summed E-state index contributed by atoms with van der Waals surface area (Å²) in [7, 11) is 0. The lowest BCUT2D eigenvalue weighted by atomic mass is 9.99. The molecule has 1 aromatic heterocycles. The second-order valence-electron chi connectivity index (χ2n) is 7.41. The summed E-state index contributed by atoms with van der Waals surface area (Å²) in [4.78, 5) is 29.4.